The van der Waals surface area contributed by atoms with Gasteiger partial charge in [0.25, 0.3) is 5.91 Å². The van der Waals surface area contributed by atoms with E-state index in [1.165, 1.54) is 12.1 Å². The first-order chi connectivity index (χ1) is 10.1. The largest absolute Gasteiger partial charge is 0.507 e. The number of hydrogen-bond acceptors (Lipinski definition) is 3. The van der Waals surface area contributed by atoms with Gasteiger partial charge in [0.15, 0.2) is 0 Å². The minimum Gasteiger partial charge on any atom is -0.507 e. The number of aromatic hydroxyl groups is 1. The topological polar surface area (TPSA) is 86.6 Å². The first kappa shape index (κ1) is 14.6. The zero-order chi connectivity index (χ0) is 15.2. The van der Waals surface area contributed by atoms with Gasteiger partial charge in [-0.2, -0.15) is 0 Å². The number of para-hydroxylation sites is 1. The van der Waals surface area contributed by atoms with E-state index in [0.717, 1.165) is 5.56 Å². The normalized spacial score (nSPS) is 11.6. The summed E-state index contributed by atoms with van der Waals surface area (Å²) in [4.78, 5) is 23.3. The lowest BCUT2D eigenvalue weighted by atomic mass is 10.1. The Labute approximate surface area is 121 Å². The van der Waals surface area contributed by atoms with Crippen LogP contribution in [0, 0.1) is 0 Å². The van der Waals surface area contributed by atoms with Gasteiger partial charge in [-0.15, -0.1) is 0 Å². The number of nitrogens with one attached hydrogen (secondary N) is 1. The molecule has 0 aliphatic heterocycles. The van der Waals surface area contributed by atoms with E-state index >= 15 is 0 Å². The van der Waals surface area contributed by atoms with Crippen LogP contribution in [0.2, 0.25) is 0 Å². The first-order valence-electron chi connectivity index (χ1n) is 6.43. The molecule has 0 aliphatic rings. The van der Waals surface area contributed by atoms with Gasteiger partial charge >= 0.3 is 5.97 Å². The summed E-state index contributed by atoms with van der Waals surface area (Å²) in [5.41, 5.74) is 0.860. The van der Waals surface area contributed by atoms with Crippen molar-refractivity contribution in [2.75, 3.05) is 0 Å². The van der Waals surface area contributed by atoms with Crippen molar-refractivity contribution in [2.24, 2.45) is 0 Å². The Balaban J connectivity index is 2.12. The third-order valence-corrected chi connectivity index (χ3v) is 3.03. The van der Waals surface area contributed by atoms with Gasteiger partial charge in [0.05, 0.1) is 5.56 Å². The number of hydrogen-bond donors (Lipinski definition) is 3. The maximum absolute atomic E-state index is 12.0. The average Bonchev–Trinajstić information content (AvgIpc) is 2.48. The predicted molar refractivity (Wildman–Crippen MR) is 77.1 cm³/mol. The summed E-state index contributed by atoms with van der Waals surface area (Å²) in [6, 6.07) is 14.0. The SMILES string of the molecule is O=C(N[C@@H](Cc1ccccc1)C(=O)O)c1ccccc1O. The van der Waals surface area contributed by atoms with E-state index in [1.807, 2.05) is 6.07 Å². The summed E-state index contributed by atoms with van der Waals surface area (Å²) in [7, 11) is 0. The summed E-state index contributed by atoms with van der Waals surface area (Å²) in [5.74, 6) is -1.92. The fourth-order valence-electron chi connectivity index (χ4n) is 1.95. The van der Waals surface area contributed by atoms with Gasteiger partial charge in [0.1, 0.15) is 11.8 Å². The monoisotopic (exact) mass is 285 g/mol. The Morgan fingerprint density at radius 2 is 1.62 bits per heavy atom. The predicted octanol–water partition coefficient (Wildman–Crippen LogP) is 1.82. The van der Waals surface area contributed by atoms with E-state index in [1.54, 1.807) is 36.4 Å². The van der Waals surface area contributed by atoms with Crippen LogP contribution >= 0.6 is 0 Å². The summed E-state index contributed by atoms with van der Waals surface area (Å²) >= 11 is 0. The lowest BCUT2D eigenvalue weighted by Crippen LogP contribution is -2.42. The highest BCUT2D eigenvalue weighted by atomic mass is 16.4. The molecule has 1 atom stereocenters. The molecule has 2 aromatic rings. The smallest absolute Gasteiger partial charge is 0.326 e. The third kappa shape index (κ3) is 3.82. The van der Waals surface area contributed by atoms with Gasteiger partial charge in [0, 0.05) is 6.42 Å². The molecule has 0 saturated carbocycles. The Bertz CT molecular complexity index is 640. The maximum Gasteiger partial charge on any atom is 0.326 e. The van der Waals surface area contributed by atoms with Gasteiger partial charge in [-0.05, 0) is 17.7 Å². The second kappa shape index (κ2) is 6.56. The molecule has 1 amide bonds. The van der Waals surface area contributed by atoms with Crippen molar-refractivity contribution in [3.63, 3.8) is 0 Å². The fourth-order valence-corrected chi connectivity index (χ4v) is 1.95. The van der Waals surface area contributed by atoms with Crippen LogP contribution in [0.5, 0.6) is 5.75 Å². The molecular weight excluding hydrogens is 270 g/mol. The number of phenolic OH excluding ortho intramolecular Hbond substituents is 1. The molecule has 0 bridgehead atoms. The van der Waals surface area contributed by atoms with Crippen LogP contribution in [0.25, 0.3) is 0 Å². The van der Waals surface area contributed by atoms with Crippen LogP contribution in [-0.2, 0) is 11.2 Å². The van der Waals surface area contributed by atoms with Crippen molar-refractivity contribution >= 4 is 11.9 Å². The number of phenols is 1. The quantitative estimate of drug-likeness (QED) is 0.782. The second-order valence-electron chi connectivity index (χ2n) is 4.57. The zero-order valence-electron chi connectivity index (χ0n) is 11.2. The lowest BCUT2D eigenvalue weighted by molar-refractivity contribution is -0.139. The molecule has 0 radical (unpaired) electrons. The van der Waals surface area contributed by atoms with Gasteiger partial charge in [-0.3, -0.25) is 4.79 Å². The molecule has 5 nitrogen and oxygen atoms in total. The summed E-state index contributed by atoms with van der Waals surface area (Å²) in [6.07, 6.45) is 0.176. The number of carbonyl (C=O) groups excluding carboxylic acids is 1. The van der Waals surface area contributed by atoms with E-state index in [0.29, 0.717) is 0 Å². The van der Waals surface area contributed by atoms with Crippen molar-refractivity contribution in [1.82, 2.24) is 5.32 Å². The van der Waals surface area contributed by atoms with Crippen LogP contribution in [-0.4, -0.2) is 28.1 Å². The molecule has 0 spiro atoms. The van der Waals surface area contributed by atoms with Crippen molar-refractivity contribution in [2.45, 2.75) is 12.5 Å². The molecule has 0 fully saturated rings. The molecule has 0 unspecified atom stereocenters. The first-order valence-corrected chi connectivity index (χ1v) is 6.43. The van der Waals surface area contributed by atoms with E-state index < -0.39 is 17.9 Å². The summed E-state index contributed by atoms with van der Waals surface area (Å²) in [5, 5.41) is 21.3. The van der Waals surface area contributed by atoms with Crippen molar-refractivity contribution in [3.8, 4) is 5.75 Å². The Morgan fingerprint density at radius 1 is 1.00 bits per heavy atom. The van der Waals surface area contributed by atoms with Crippen molar-refractivity contribution in [3.05, 3.63) is 65.7 Å². The average molecular weight is 285 g/mol. The molecule has 0 heterocycles. The molecule has 21 heavy (non-hydrogen) atoms. The van der Waals surface area contributed by atoms with Gasteiger partial charge in [-0.25, -0.2) is 4.79 Å². The Kier molecular flexibility index (Phi) is 4.56. The lowest BCUT2D eigenvalue weighted by Gasteiger charge is -2.15. The van der Waals surface area contributed by atoms with Gasteiger partial charge < -0.3 is 15.5 Å². The summed E-state index contributed by atoms with van der Waals surface area (Å²) in [6.45, 7) is 0. The molecule has 2 aromatic carbocycles. The Morgan fingerprint density at radius 3 is 2.24 bits per heavy atom. The van der Waals surface area contributed by atoms with Crippen LogP contribution in [0.15, 0.2) is 54.6 Å². The van der Waals surface area contributed by atoms with Crippen LogP contribution in [0.3, 0.4) is 0 Å². The number of carbonyl (C=O) groups is 2. The molecule has 0 saturated heterocycles. The van der Waals surface area contributed by atoms with E-state index in [2.05, 4.69) is 5.32 Å². The van der Waals surface area contributed by atoms with Gasteiger partial charge in [0.2, 0.25) is 0 Å². The number of rotatable bonds is 5. The van der Waals surface area contributed by atoms with E-state index in [4.69, 9.17) is 0 Å². The second-order valence-corrected chi connectivity index (χ2v) is 4.57. The molecule has 5 heteroatoms. The number of carboxylic acids is 1. The fraction of sp³-hybridized carbons (Fsp3) is 0.125. The van der Waals surface area contributed by atoms with Crippen molar-refractivity contribution < 1.29 is 19.8 Å². The van der Waals surface area contributed by atoms with Crippen LogP contribution in [0.1, 0.15) is 15.9 Å². The zero-order valence-corrected chi connectivity index (χ0v) is 11.2. The molecule has 0 aliphatic carbocycles. The van der Waals surface area contributed by atoms with Crippen molar-refractivity contribution in [1.29, 1.82) is 0 Å². The molecule has 3 N–H and O–H groups in total. The minimum atomic E-state index is -1.12. The Hall–Kier alpha value is -2.82. The number of aliphatic carboxylic acids is 1. The standard InChI is InChI=1S/C16H15NO4/c18-14-9-5-4-8-12(14)15(19)17-13(16(20)21)10-11-6-2-1-3-7-11/h1-9,13,18H,10H2,(H,17,19)(H,20,21)/t13-/m0/s1. The summed E-state index contributed by atoms with van der Waals surface area (Å²) < 4.78 is 0. The molecule has 0 aromatic heterocycles. The number of amides is 1. The number of carboxylic acid groups (broad SMARTS) is 1. The van der Waals surface area contributed by atoms with Crippen LogP contribution < -0.4 is 5.32 Å². The van der Waals surface area contributed by atoms with E-state index in [-0.39, 0.29) is 17.7 Å². The third-order valence-electron chi connectivity index (χ3n) is 3.03. The molecule has 2 rings (SSSR count). The van der Waals surface area contributed by atoms with Crippen LogP contribution in [0.4, 0.5) is 0 Å². The highest BCUT2D eigenvalue weighted by molar-refractivity contribution is 5.98. The van der Waals surface area contributed by atoms with Gasteiger partial charge in [-0.1, -0.05) is 42.5 Å². The highest BCUT2D eigenvalue weighted by Crippen LogP contribution is 2.15. The minimum absolute atomic E-state index is 0.0526. The van der Waals surface area contributed by atoms with E-state index in [9.17, 15) is 19.8 Å². The molecule has 108 valence electrons. The highest BCUT2D eigenvalue weighted by Gasteiger charge is 2.22. The maximum atomic E-state index is 12.0. The molecular formula is C16H15NO4. The number of benzene rings is 2.